The summed E-state index contributed by atoms with van der Waals surface area (Å²) >= 11 is 3.43. The third-order valence-electron chi connectivity index (χ3n) is 2.58. The van der Waals surface area contributed by atoms with E-state index in [2.05, 4.69) is 34.2 Å². The van der Waals surface area contributed by atoms with Gasteiger partial charge in [-0.2, -0.15) is 0 Å². The highest BCUT2D eigenvalue weighted by molar-refractivity contribution is 9.10. The van der Waals surface area contributed by atoms with Crippen LogP contribution in [0.15, 0.2) is 46.9 Å². The Labute approximate surface area is 109 Å². The first kappa shape index (κ1) is 12.1. The van der Waals surface area contributed by atoms with E-state index in [1.807, 2.05) is 12.1 Å². The second-order valence-corrected chi connectivity index (χ2v) is 4.85. The van der Waals surface area contributed by atoms with Gasteiger partial charge in [-0.1, -0.05) is 28.1 Å². The molecule has 0 saturated heterocycles. The van der Waals surface area contributed by atoms with E-state index < -0.39 is 0 Å². The number of benzene rings is 2. The lowest BCUT2D eigenvalue weighted by Crippen LogP contribution is -2.00. The van der Waals surface area contributed by atoms with Gasteiger partial charge in [-0.15, -0.1) is 0 Å². The summed E-state index contributed by atoms with van der Waals surface area (Å²) < 4.78 is 13.8. The molecule has 0 heterocycles. The van der Waals surface area contributed by atoms with Gasteiger partial charge in [-0.25, -0.2) is 4.39 Å². The molecule has 1 nitrogen and oxygen atoms in total. The van der Waals surface area contributed by atoms with Crippen molar-refractivity contribution in [1.29, 1.82) is 0 Å². The van der Waals surface area contributed by atoms with E-state index in [9.17, 15) is 4.39 Å². The maximum absolute atomic E-state index is 12.7. The van der Waals surface area contributed by atoms with Gasteiger partial charge in [-0.05, 0) is 48.4 Å². The molecule has 0 unspecified atom stereocenters. The van der Waals surface area contributed by atoms with Gasteiger partial charge in [0.1, 0.15) is 5.82 Å². The van der Waals surface area contributed by atoms with Gasteiger partial charge >= 0.3 is 0 Å². The number of hydrogen-bond acceptors (Lipinski definition) is 1. The quantitative estimate of drug-likeness (QED) is 0.878. The zero-order chi connectivity index (χ0) is 12.3. The molecule has 0 fully saturated rings. The van der Waals surface area contributed by atoms with Gasteiger partial charge in [0.25, 0.3) is 0 Å². The minimum atomic E-state index is -0.200. The van der Waals surface area contributed by atoms with Gasteiger partial charge in [0, 0.05) is 16.7 Å². The summed E-state index contributed by atoms with van der Waals surface area (Å²) in [5, 5.41) is 3.33. The fourth-order valence-electron chi connectivity index (χ4n) is 1.62. The Morgan fingerprint density at radius 2 is 1.82 bits per heavy atom. The molecule has 1 N–H and O–H groups in total. The van der Waals surface area contributed by atoms with Crippen molar-refractivity contribution < 1.29 is 4.39 Å². The summed E-state index contributed by atoms with van der Waals surface area (Å²) in [6.45, 7) is 2.75. The Kier molecular flexibility index (Phi) is 3.79. The average molecular weight is 294 g/mol. The molecule has 0 amide bonds. The lowest BCUT2D eigenvalue weighted by atomic mass is 10.2. The highest BCUT2D eigenvalue weighted by Gasteiger charge is 1.99. The van der Waals surface area contributed by atoms with Crippen LogP contribution in [0.25, 0.3) is 0 Å². The van der Waals surface area contributed by atoms with Crippen molar-refractivity contribution in [3.05, 3.63) is 63.9 Å². The van der Waals surface area contributed by atoms with Crippen LogP contribution in [0.3, 0.4) is 0 Å². The third-order valence-corrected chi connectivity index (χ3v) is 3.08. The molecule has 0 aliphatic heterocycles. The fraction of sp³-hybridized carbons (Fsp3) is 0.143. The van der Waals surface area contributed by atoms with Crippen molar-refractivity contribution in [2.24, 2.45) is 0 Å². The van der Waals surface area contributed by atoms with Crippen molar-refractivity contribution in [1.82, 2.24) is 0 Å². The number of hydrogen-bond donors (Lipinski definition) is 1. The van der Waals surface area contributed by atoms with Gasteiger partial charge in [0.15, 0.2) is 0 Å². The van der Waals surface area contributed by atoms with Crippen molar-refractivity contribution >= 4 is 21.6 Å². The second kappa shape index (κ2) is 5.32. The number of anilines is 1. The molecule has 0 spiro atoms. The molecule has 17 heavy (non-hydrogen) atoms. The Morgan fingerprint density at radius 3 is 2.47 bits per heavy atom. The van der Waals surface area contributed by atoms with Gasteiger partial charge in [0.05, 0.1) is 0 Å². The highest BCUT2D eigenvalue weighted by Crippen LogP contribution is 2.20. The maximum Gasteiger partial charge on any atom is 0.123 e. The van der Waals surface area contributed by atoms with E-state index in [0.29, 0.717) is 6.54 Å². The molecule has 0 radical (unpaired) electrons. The topological polar surface area (TPSA) is 12.0 Å². The van der Waals surface area contributed by atoms with Crippen LogP contribution in [-0.4, -0.2) is 0 Å². The first-order valence-electron chi connectivity index (χ1n) is 5.39. The SMILES string of the molecule is Cc1cc(Br)ccc1NCc1ccc(F)cc1. The molecule has 0 saturated carbocycles. The van der Waals surface area contributed by atoms with Crippen LogP contribution in [0.2, 0.25) is 0 Å². The third kappa shape index (κ3) is 3.30. The summed E-state index contributed by atoms with van der Waals surface area (Å²) in [6, 6.07) is 12.6. The van der Waals surface area contributed by atoms with Crippen LogP contribution in [0, 0.1) is 12.7 Å². The van der Waals surface area contributed by atoms with Gasteiger partial charge < -0.3 is 5.32 Å². The molecular formula is C14H13BrFN. The summed E-state index contributed by atoms with van der Waals surface area (Å²) in [5.74, 6) is -0.200. The molecule has 0 aliphatic rings. The zero-order valence-corrected chi connectivity index (χ0v) is 11.1. The molecule has 0 bridgehead atoms. The first-order chi connectivity index (χ1) is 8.15. The second-order valence-electron chi connectivity index (χ2n) is 3.94. The summed E-state index contributed by atoms with van der Waals surface area (Å²) in [4.78, 5) is 0. The van der Waals surface area contributed by atoms with Crippen LogP contribution in [0.5, 0.6) is 0 Å². The van der Waals surface area contributed by atoms with Crippen LogP contribution in [0.4, 0.5) is 10.1 Å². The molecule has 3 heteroatoms. The van der Waals surface area contributed by atoms with Crippen molar-refractivity contribution in [3.63, 3.8) is 0 Å². The predicted octanol–water partition coefficient (Wildman–Crippen LogP) is 4.51. The molecule has 0 aromatic heterocycles. The van der Waals surface area contributed by atoms with E-state index in [1.54, 1.807) is 12.1 Å². The van der Waals surface area contributed by atoms with E-state index >= 15 is 0 Å². The minimum absolute atomic E-state index is 0.200. The summed E-state index contributed by atoms with van der Waals surface area (Å²) in [7, 11) is 0. The summed E-state index contributed by atoms with van der Waals surface area (Å²) in [6.07, 6.45) is 0. The lowest BCUT2D eigenvalue weighted by molar-refractivity contribution is 0.627. The number of halogens is 2. The van der Waals surface area contributed by atoms with Crippen molar-refractivity contribution in [3.8, 4) is 0 Å². The standard InChI is InChI=1S/C14H13BrFN/c1-10-8-12(15)4-7-14(10)17-9-11-2-5-13(16)6-3-11/h2-8,17H,9H2,1H3. The van der Waals surface area contributed by atoms with E-state index in [4.69, 9.17) is 0 Å². The summed E-state index contributed by atoms with van der Waals surface area (Å²) in [5.41, 5.74) is 3.34. The predicted molar refractivity (Wildman–Crippen MR) is 72.6 cm³/mol. The minimum Gasteiger partial charge on any atom is -0.381 e. The number of aryl methyl sites for hydroxylation is 1. The van der Waals surface area contributed by atoms with E-state index in [0.717, 1.165) is 15.7 Å². The van der Waals surface area contributed by atoms with Crippen molar-refractivity contribution in [2.75, 3.05) is 5.32 Å². The molecule has 2 rings (SSSR count). The van der Waals surface area contributed by atoms with E-state index in [-0.39, 0.29) is 5.82 Å². The maximum atomic E-state index is 12.7. The average Bonchev–Trinajstić information content (AvgIpc) is 2.30. The molecule has 2 aromatic rings. The monoisotopic (exact) mass is 293 g/mol. The molecule has 0 aliphatic carbocycles. The first-order valence-corrected chi connectivity index (χ1v) is 6.19. The largest absolute Gasteiger partial charge is 0.381 e. The number of nitrogens with one attached hydrogen (secondary N) is 1. The van der Waals surface area contributed by atoms with Crippen LogP contribution in [0.1, 0.15) is 11.1 Å². The van der Waals surface area contributed by atoms with Crippen LogP contribution >= 0.6 is 15.9 Å². The zero-order valence-electron chi connectivity index (χ0n) is 9.50. The Hall–Kier alpha value is -1.35. The normalized spacial score (nSPS) is 10.3. The number of rotatable bonds is 3. The van der Waals surface area contributed by atoms with E-state index in [1.165, 1.54) is 17.7 Å². The lowest BCUT2D eigenvalue weighted by Gasteiger charge is -2.09. The fourth-order valence-corrected chi connectivity index (χ4v) is 2.10. The molecular weight excluding hydrogens is 281 g/mol. The Balaban J connectivity index is 2.04. The highest BCUT2D eigenvalue weighted by atomic mass is 79.9. The molecule has 88 valence electrons. The van der Waals surface area contributed by atoms with Gasteiger partial charge in [0.2, 0.25) is 0 Å². The Bertz CT molecular complexity index is 508. The Morgan fingerprint density at radius 1 is 1.12 bits per heavy atom. The van der Waals surface area contributed by atoms with Crippen molar-refractivity contribution in [2.45, 2.75) is 13.5 Å². The molecule has 2 aromatic carbocycles. The smallest absolute Gasteiger partial charge is 0.123 e. The van der Waals surface area contributed by atoms with Crippen LogP contribution < -0.4 is 5.32 Å². The van der Waals surface area contributed by atoms with Gasteiger partial charge in [-0.3, -0.25) is 0 Å². The molecule has 0 atom stereocenters. The van der Waals surface area contributed by atoms with Crippen LogP contribution in [-0.2, 0) is 6.54 Å².